The van der Waals surface area contributed by atoms with E-state index in [-0.39, 0.29) is 5.91 Å². The summed E-state index contributed by atoms with van der Waals surface area (Å²) in [4.78, 5) is 21.5. The van der Waals surface area contributed by atoms with Crippen LogP contribution < -0.4 is 9.47 Å². The van der Waals surface area contributed by atoms with E-state index in [9.17, 15) is 4.79 Å². The zero-order chi connectivity index (χ0) is 22.2. The highest BCUT2D eigenvalue weighted by Crippen LogP contribution is 2.19. The van der Waals surface area contributed by atoms with Crippen LogP contribution in [0.1, 0.15) is 28.4 Å². The van der Waals surface area contributed by atoms with E-state index in [1.54, 1.807) is 6.20 Å². The molecule has 32 heavy (non-hydrogen) atoms. The highest BCUT2D eigenvalue weighted by molar-refractivity contribution is 5.94. The number of rotatable bonds is 8. The van der Waals surface area contributed by atoms with Gasteiger partial charge in [-0.25, -0.2) is 0 Å². The molecule has 0 unspecified atom stereocenters. The lowest BCUT2D eigenvalue weighted by molar-refractivity contribution is 0.0628. The van der Waals surface area contributed by atoms with Crippen LogP contribution in [0.2, 0.25) is 0 Å². The van der Waals surface area contributed by atoms with Gasteiger partial charge in [-0.05, 0) is 60.5 Å². The van der Waals surface area contributed by atoms with Crippen LogP contribution in [0, 0.1) is 0 Å². The molecule has 0 aliphatic carbocycles. The molecule has 0 bridgehead atoms. The molecule has 0 radical (unpaired) electrons. The van der Waals surface area contributed by atoms with E-state index in [2.05, 4.69) is 16.0 Å². The Morgan fingerprint density at radius 3 is 2.31 bits per heavy atom. The van der Waals surface area contributed by atoms with Gasteiger partial charge in [0.25, 0.3) is 5.91 Å². The second-order valence-electron chi connectivity index (χ2n) is 7.82. The standard InChI is InChI=1S/C26H29N3O3/c1-2-31-24-8-10-25(11-9-24)32-20-21-5-3-7-23(17-21)26(30)29-15-13-28(14-16-29)19-22-6-4-12-27-18-22/h3-12,17-18H,2,13-16,19-20H2,1H3. The van der Waals surface area contributed by atoms with Crippen molar-refractivity contribution in [2.24, 2.45) is 0 Å². The summed E-state index contributed by atoms with van der Waals surface area (Å²) in [5, 5.41) is 0. The van der Waals surface area contributed by atoms with Crippen LogP contribution in [-0.2, 0) is 13.2 Å². The molecule has 1 aromatic heterocycles. The predicted molar refractivity (Wildman–Crippen MR) is 124 cm³/mol. The normalized spacial score (nSPS) is 14.2. The molecule has 2 heterocycles. The number of hydrogen-bond donors (Lipinski definition) is 0. The van der Waals surface area contributed by atoms with E-state index < -0.39 is 0 Å². The summed E-state index contributed by atoms with van der Waals surface area (Å²) >= 11 is 0. The highest BCUT2D eigenvalue weighted by atomic mass is 16.5. The van der Waals surface area contributed by atoms with Gasteiger partial charge >= 0.3 is 0 Å². The number of hydrogen-bond acceptors (Lipinski definition) is 5. The summed E-state index contributed by atoms with van der Waals surface area (Å²) in [5.41, 5.74) is 2.88. The van der Waals surface area contributed by atoms with Crippen LogP contribution >= 0.6 is 0 Å². The quantitative estimate of drug-likeness (QED) is 0.539. The Morgan fingerprint density at radius 2 is 1.62 bits per heavy atom. The van der Waals surface area contributed by atoms with Gasteiger partial charge in [0, 0.05) is 50.7 Å². The molecule has 0 spiro atoms. The minimum Gasteiger partial charge on any atom is -0.494 e. The second kappa shape index (κ2) is 10.8. The van der Waals surface area contributed by atoms with Crippen LogP contribution in [-0.4, -0.2) is 53.5 Å². The Morgan fingerprint density at radius 1 is 0.906 bits per heavy atom. The third-order valence-corrected chi connectivity index (χ3v) is 5.50. The smallest absolute Gasteiger partial charge is 0.253 e. The average molecular weight is 432 g/mol. The molecular weight excluding hydrogens is 402 g/mol. The van der Waals surface area contributed by atoms with E-state index >= 15 is 0 Å². The predicted octanol–water partition coefficient (Wildman–Crippen LogP) is 4.02. The van der Waals surface area contributed by atoms with Crippen molar-refractivity contribution in [1.82, 2.24) is 14.8 Å². The number of pyridine rings is 1. The SMILES string of the molecule is CCOc1ccc(OCc2cccc(C(=O)N3CCN(Cc4cccnc4)CC3)c2)cc1. The zero-order valence-corrected chi connectivity index (χ0v) is 18.4. The first-order valence-electron chi connectivity index (χ1n) is 11.1. The van der Waals surface area contributed by atoms with Crippen LogP contribution in [0.25, 0.3) is 0 Å². The van der Waals surface area contributed by atoms with Crippen LogP contribution in [0.3, 0.4) is 0 Å². The van der Waals surface area contributed by atoms with Crippen molar-refractivity contribution in [3.05, 3.63) is 89.7 Å². The van der Waals surface area contributed by atoms with Gasteiger partial charge in [0.15, 0.2) is 0 Å². The Hall–Kier alpha value is -3.38. The van der Waals surface area contributed by atoms with E-state index in [1.807, 2.05) is 72.6 Å². The molecule has 1 aliphatic heterocycles. The molecule has 6 heteroatoms. The number of benzene rings is 2. The average Bonchev–Trinajstić information content (AvgIpc) is 2.85. The second-order valence-corrected chi connectivity index (χ2v) is 7.82. The Kier molecular flexibility index (Phi) is 7.35. The number of amides is 1. The molecule has 166 valence electrons. The third kappa shape index (κ3) is 5.86. The minimum absolute atomic E-state index is 0.0777. The van der Waals surface area contributed by atoms with Gasteiger partial charge in [0.1, 0.15) is 18.1 Å². The van der Waals surface area contributed by atoms with E-state index in [0.717, 1.165) is 49.8 Å². The van der Waals surface area contributed by atoms with Crippen molar-refractivity contribution in [2.75, 3.05) is 32.8 Å². The third-order valence-electron chi connectivity index (χ3n) is 5.50. The van der Waals surface area contributed by atoms with Gasteiger partial charge in [-0.1, -0.05) is 18.2 Å². The number of aromatic nitrogens is 1. The van der Waals surface area contributed by atoms with Crippen molar-refractivity contribution in [2.45, 2.75) is 20.1 Å². The largest absolute Gasteiger partial charge is 0.494 e. The Bertz CT molecular complexity index is 1000. The molecule has 3 aromatic rings. The van der Waals surface area contributed by atoms with Crippen LogP contribution in [0.15, 0.2) is 73.1 Å². The van der Waals surface area contributed by atoms with Crippen molar-refractivity contribution < 1.29 is 14.3 Å². The first-order chi connectivity index (χ1) is 15.7. The first kappa shape index (κ1) is 21.8. The van der Waals surface area contributed by atoms with E-state index in [0.29, 0.717) is 18.8 Å². The topological polar surface area (TPSA) is 54.9 Å². The Balaban J connectivity index is 1.29. The fourth-order valence-electron chi connectivity index (χ4n) is 3.80. The number of ether oxygens (including phenoxy) is 2. The van der Waals surface area contributed by atoms with E-state index in [1.165, 1.54) is 5.56 Å². The molecule has 1 amide bonds. The van der Waals surface area contributed by atoms with Gasteiger partial charge in [0.05, 0.1) is 6.61 Å². The fourth-order valence-corrected chi connectivity index (χ4v) is 3.80. The monoisotopic (exact) mass is 431 g/mol. The summed E-state index contributed by atoms with van der Waals surface area (Å²) in [6, 6.07) is 19.3. The number of carbonyl (C=O) groups is 1. The number of carbonyl (C=O) groups excluding carboxylic acids is 1. The maximum Gasteiger partial charge on any atom is 0.253 e. The van der Waals surface area contributed by atoms with Gasteiger partial charge < -0.3 is 14.4 Å². The van der Waals surface area contributed by atoms with Gasteiger partial charge in [-0.2, -0.15) is 0 Å². The maximum atomic E-state index is 13.0. The molecule has 6 nitrogen and oxygen atoms in total. The molecule has 2 aromatic carbocycles. The maximum absolute atomic E-state index is 13.0. The number of piperazine rings is 1. The fraction of sp³-hybridized carbons (Fsp3) is 0.308. The summed E-state index contributed by atoms with van der Waals surface area (Å²) < 4.78 is 11.3. The summed E-state index contributed by atoms with van der Waals surface area (Å²) in [7, 11) is 0. The molecule has 4 rings (SSSR count). The summed E-state index contributed by atoms with van der Waals surface area (Å²) in [6.45, 7) is 7.06. The number of nitrogens with zero attached hydrogens (tertiary/aromatic N) is 3. The van der Waals surface area contributed by atoms with Crippen molar-refractivity contribution in [3.8, 4) is 11.5 Å². The van der Waals surface area contributed by atoms with Gasteiger partial charge in [-0.15, -0.1) is 0 Å². The molecule has 0 atom stereocenters. The van der Waals surface area contributed by atoms with Crippen LogP contribution in [0.4, 0.5) is 0 Å². The molecule has 0 N–H and O–H groups in total. The van der Waals surface area contributed by atoms with Crippen molar-refractivity contribution >= 4 is 5.91 Å². The van der Waals surface area contributed by atoms with Gasteiger partial charge in [-0.3, -0.25) is 14.7 Å². The minimum atomic E-state index is 0.0777. The summed E-state index contributed by atoms with van der Waals surface area (Å²) in [6.07, 6.45) is 3.69. The summed E-state index contributed by atoms with van der Waals surface area (Å²) in [5.74, 6) is 1.68. The van der Waals surface area contributed by atoms with Gasteiger partial charge in [0.2, 0.25) is 0 Å². The lowest BCUT2D eigenvalue weighted by atomic mass is 10.1. The zero-order valence-electron chi connectivity index (χ0n) is 18.4. The molecule has 1 aliphatic rings. The molecule has 1 saturated heterocycles. The van der Waals surface area contributed by atoms with E-state index in [4.69, 9.17) is 9.47 Å². The van der Waals surface area contributed by atoms with Crippen LogP contribution in [0.5, 0.6) is 11.5 Å². The van der Waals surface area contributed by atoms with Crippen molar-refractivity contribution in [1.29, 1.82) is 0 Å². The lowest BCUT2D eigenvalue weighted by Gasteiger charge is -2.34. The Labute approximate surface area is 189 Å². The molecule has 0 saturated carbocycles. The molecular formula is C26H29N3O3. The highest BCUT2D eigenvalue weighted by Gasteiger charge is 2.22. The molecule has 1 fully saturated rings. The first-order valence-corrected chi connectivity index (χ1v) is 11.1. The lowest BCUT2D eigenvalue weighted by Crippen LogP contribution is -2.48. The van der Waals surface area contributed by atoms with Crippen molar-refractivity contribution in [3.63, 3.8) is 0 Å².